The van der Waals surface area contributed by atoms with E-state index < -0.39 is 41.8 Å². The van der Waals surface area contributed by atoms with Crippen molar-refractivity contribution in [2.75, 3.05) is 6.54 Å². The molecule has 0 unspecified atom stereocenters. The summed E-state index contributed by atoms with van der Waals surface area (Å²) in [7, 11) is 0. The van der Waals surface area contributed by atoms with E-state index in [2.05, 4.69) is 16.0 Å². The van der Waals surface area contributed by atoms with Gasteiger partial charge in [-0.15, -0.1) is 0 Å². The quantitative estimate of drug-likeness (QED) is 0.420. The number of hydrogen-bond donors (Lipinski definition) is 3. The zero-order valence-corrected chi connectivity index (χ0v) is 19.7. The van der Waals surface area contributed by atoms with E-state index in [0.29, 0.717) is 18.9 Å². The second kappa shape index (κ2) is 11.5. The average Bonchev–Trinajstić information content (AvgIpc) is 2.81. The molecule has 2 amide bonds. The summed E-state index contributed by atoms with van der Waals surface area (Å²) in [6, 6.07) is 6.34. The van der Waals surface area contributed by atoms with E-state index in [9.17, 15) is 35.9 Å². The Balaban J connectivity index is 1.56. The number of hydrogen-bond acceptors (Lipinski definition) is 3. The Labute approximate surface area is 208 Å². The van der Waals surface area contributed by atoms with Crippen molar-refractivity contribution in [2.24, 2.45) is 0 Å². The highest BCUT2D eigenvalue weighted by atomic mass is 35.5. The van der Waals surface area contributed by atoms with Gasteiger partial charge in [-0.05, 0) is 54.8 Å². The van der Waals surface area contributed by atoms with E-state index >= 15 is 0 Å². The minimum absolute atomic E-state index is 0.0616. The second-order valence-electron chi connectivity index (χ2n) is 8.51. The number of alkyl halides is 6. The molecule has 1 aliphatic carbocycles. The smallest absolute Gasteiger partial charge is 0.350 e. The van der Waals surface area contributed by atoms with E-state index in [4.69, 9.17) is 11.6 Å². The first-order valence-corrected chi connectivity index (χ1v) is 11.6. The SMILES string of the molecule is O=C(CNC(=O)c1cccc(C(F)(F)F)c1)N[C@H]1CCCC[C@@H]1NCc1cc(C(F)(F)F)ccc1Cl. The van der Waals surface area contributed by atoms with E-state index in [0.717, 1.165) is 37.1 Å². The van der Waals surface area contributed by atoms with Gasteiger partial charge >= 0.3 is 12.4 Å². The molecule has 0 radical (unpaired) electrons. The van der Waals surface area contributed by atoms with Gasteiger partial charge in [0.2, 0.25) is 5.91 Å². The van der Waals surface area contributed by atoms with Crippen molar-refractivity contribution >= 4 is 23.4 Å². The van der Waals surface area contributed by atoms with Crippen LogP contribution in [0.15, 0.2) is 42.5 Å². The molecule has 1 fully saturated rings. The summed E-state index contributed by atoms with van der Waals surface area (Å²) in [5, 5.41) is 8.44. The molecule has 0 bridgehead atoms. The highest BCUT2D eigenvalue weighted by Gasteiger charge is 2.32. The third-order valence-corrected chi connectivity index (χ3v) is 6.27. The van der Waals surface area contributed by atoms with E-state index in [1.807, 2.05) is 0 Å². The fraction of sp³-hybridized carbons (Fsp3) is 0.417. The van der Waals surface area contributed by atoms with Gasteiger partial charge in [0.1, 0.15) is 0 Å². The standard InChI is InChI=1S/C24H24ClF6N3O2/c25-18-9-8-17(24(29,30)31)11-15(18)12-32-19-6-1-2-7-20(19)34-21(35)13-33-22(36)14-4-3-5-16(10-14)23(26,27)28/h3-5,8-11,19-20,32H,1-2,6-7,12-13H2,(H,33,36)(H,34,35)/t19-,20-/m0/s1. The Hall–Kier alpha value is -2.79. The van der Waals surface area contributed by atoms with Gasteiger partial charge in [-0.1, -0.05) is 30.5 Å². The van der Waals surface area contributed by atoms with Crippen LogP contribution in [0.25, 0.3) is 0 Å². The van der Waals surface area contributed by atoms with Gasteiger partial charge in [-0.2, -0.15) is 26.3 Å². The number of rotatable bonds is 7. The Morgan fingerprint density at radius 3 is 2.19 bits per heavy atom. The Morgan fingerprint density at radius 2 is 1.53 bits per heavy atom. The second-order valence-corrected chi connectivity index (χ2v) is 8.92. The lowest BCUT2D eigenvalue weighted by Gasteiger charge is -2.33. The van der Waals surface area contributed by atoms with Crippen LogP contribution in [0.3, 0.4) is 0 Å². The fourth-order valence-electron chi connectivity index (χ4n) is 4.03. The minimum Gasteiger partial charge on any atom is -0.350 e. The number of halogens is 7. The first-order valence-electron chi connectivity index (χ1n) is 11.2. The van der Waals surface area contributed by atoms with Crippen molar-refractivity contribution in [3.63, 3.8) is 0 Å². The van der Waals surface area contributed by atoms with Gasteiger partial charge in [-0.25, -0.2) is 0 Å². The molecule has 0 aromatic heterocycles. The molecular weight excluding hydrogens is 512 g/mol. The zero-order chi connectivity index (χ0) is 26.5. The molecule has 0 saturated heterocycles. The third-order valence-electron chi connectivity index (χ3n) is 5.90. The molecular formula is C24H24ClF6N3O2. The van der Waals surface area contributed by atoms with Crippen LogP contribution in [0.2, 0.25) is 5.02 Å². The van der Waals surface area contributed by atoms with Crippen molar-refractivity contribution in [3.05, 3.63) is 69.7 Å². The summed E-state index contributed by atoms with van der Waals surface area (Å²) in [5.74, 6) is -1.36. The molecule has 1 aliphatic rings. The number of carbonyl (C=O) groups excluding carboxylic acids is 2. The highest BCUT2D eigenvalue weighted by molar-refractivity contribution is 6.31. The van der Waals surface area contributed by atoms with Crippen LogP contribution < -0.4 is 16.0 Å². The highest BCUT2D eigenvalue weighted by Crippen LogP contribution is 2.32. The Morgan fingerprint density at radius 1 is 0.889 bits per heavy atom. The summed E-state index contributed by atoms with van der Waals surface area (Å²) < 4.78 is 77.6. The molecule has 3 rings (SSSR count). The van der Waals surface area contributed by atoms with Crippen LogP contribution >= 0.6 is 11.6 Å². The Bertz CT molecular complexity index is 1090. The van der Waals surface area contributed by atoms with Gasteiger partial charge < -0.3 is 16.0 Å². The van der Waals surface area contributed by atoms with E-state index in [-0.39, 0.29) is 34.8 Å². The van der Waals surface area contributed by atoms with Crippen molar-refractivity contribution in [3.8, 4) is 0 Å². The molecule has 2 aromatic rings. The molecule has 5 nitrogen and oxygen atoms in total. The normalized spacial score (nSPS) is 18.5. The van der Waals surface area contributed by atoms with Crippen LogP contribution in [0.1, 0.15) is 52.7 Å². The molecule has 0 aliphatic heterocycles. The van der Waals surface area contributed by atoms with Crippen LogP contribution in [-0.2, 0) is 23.7 Å². The topological polar surface area (TPSA) is 70.2 Å². The fourth-order valence-corrected chi connectivity index (χ4v) is 4.22. The van der Waals surface area contributed by atoms with Crippen molar-refractivity contribution in [2.45, 2.75) is 56.7 Å². The van der Waals surface area contributed by atoms with Crippen molar-refractivity contribution < 1.29 is 35.9 Å². The largest absolute Gasteiger partial charge is 0.416 e. The molecule has 2 aromatic carbocycles. The van der Waals surface area contributed by atoms with Gasteiger partial charge in [0.15, 0.2) is 0 Å². The molecule has 12 heteroatoms. The zero-order valence-electron chi connectivity index (χ0n) is 18.9. The number of carbonyl (C=O) groups is 2. The number of benzene rings is 2. The molecule has 2 atom stereocenters. The summed E-state index contributed by atoms with van der Waals surface area (Å²) >= 11 is 6.06. The van der Waals surface area contributed by atoms with Crippen molar-refractivity contribution in [1.82, 2.24) is 16.0 Å². The molecule has 36 heavy (non-hydrogen) atoms. The lowest BCUT2D eigenvalue weighted by Crippen LogP contribution is -2.53. The monoisotopic (exact) mass is 535 g/mol. The number of amides is 2. The van der Waals surface area contributed by atoms with Gasteiger partial charge in [0.05, 0.1) is 17.7 Å². The molecule has 0 spiro atoms. The van der Waals surface area contributed by atoms with Gasteiger partial charge in [-0.3, -0.25) is 9.59 Å². The molecule has 196 valence electrons. The summed E-state index contributed by atoms with van der Waals surface area (Å²) in [6.07, 6.45) is -6.15. The first kappa shape index (κ1) is 27.8. The molecule has 0 heterocycles. The summed E-state index contributed by atoms with van der Waals surface area (Å²) in [4.78, 5) is 24.6. The lowest BCUT2D eigenvalue weighted by molar-refractivity contribution is -0.138. The predicted molar refractivity (Wildman–Crippen MR) is 121 cm³/mol. The van der Waals surface area contributed by atoms with Crippen molar-refractivity contribution in [1.29, 1.82) is 0 Å². The maximum absolute atomic E-state index is 13.0. The maximum Gasteiger partial charge on any atom is 0.416 e. The maximum atomic E-state index is 13.0. The van der Waals surface area contributed by atoms with Gasteiger partial charge in [0.25, 0.3) is 5.91 Å². The van der Waals surface area contributed by atoms with E-state index in [1.54, 1.807) is 0 Å². The van der Waals surface area contributed by atoms with E-state index in [1.165, 1.54) is 12.1 Å². The average molecular weight is 536 g/mol. The van der Waals surface area contributed by atoms with Crippen LogP contribution in [0.5, 0.6) is 0 Å². The van der Waals surface area contributed by atoms with Crippen LogP contribution in [-0.4, -0.2) is 30.4 Å². The first-order chi connectivity index (χ1) is 16.8. The number of nitrogens with one attached hydrogen (secondary N) is 3. The van der Waals surface area contributed by atoms with Crippen LogP contribution in [0, 0.1) is 0 Å². The minimum atomic E-state index is -4.60. The third kappa shape index (κ3) is 7.60. The van der Waals surface area contributed by atoms with Gasteiger partial charge in [0, 0.05) is 29.2 Å². The molecule has 3 N–H and O–H groups in total. The van der Waals surface area contributed by atoms with Crippen LogP contribution in [0.4, 0.5) is 26.3 Å². The predicted octanol–water partition coefficient (Wildman–Crippen LogP) is 5.32. The molecule has 1 saturated carbocycles. The summed E-state index contributed by atoms with van der Waals surface area (Å²) in [6.45, 7) is -0.385. The summed E-state index contributed by atoms with van der Waals surface area (Å²) in [5.41, 5.74) is -1.74. The Kier molecular flexibility index (Phi) is 8.89. The lowest BCUT2D eigenvalue weighted by atomic mass is 9.90.